The van der Waals surface area contributed by atoms with Crippen LogP contribution in [0.25, 0.3) is 6.08 Å². The Labute approximate surface area is 162 Å². The molecular formula is C20H24F3N3O2. The molecule has 152 valence electrons. The normalized spacial score (nSPS) is 18.8. The fraction of sp³-hybridized carbons (Fsp3) is 0.500. The van der Waals surface area contributed by atoms with Gasteiger partial charge in [-0.25, -0.2) is 0 Å². The second-order valence-electron chi connectivity index (χ2n) is 7.14. The lowest BCUT2D eigenvalue weighted by molar-refractivity contribution is -0.137. The molecule has 0 spiro atoms. The van der Waals surface area contributed by atoms with E-state index in [1.165, 1.54) is 24.3 Å². The Morgan fingerprint density at radius 1 is 0.893 bits per heavy atom. The van der Waals surface area contributed by atoms with Gasteiger partial charge in [0.15, 0.2) is 0 Å². The van der Waals surface area contributed by atoms with Gasteiger partial charge in [-0.15, -0.1) is 0 Å². The van der Waals surface area contributed by atoms with E-state index in [-0.39, 0.29) is 11.8 Å². The van der Waals surface area contributed by atoms with Crippen molar-refractivity contribution < 1.29 is 22.8 Å². The molecule has 0 unspecified atom stereocenters. The molecule has 2 aliphatic rings. The molecule has 0 N–H and O–H groups in total. The molecule has 2 saturated heterocycles. The first kappa shape index (κ1) is 20.4. The Bertz CT molecular complexity index is 717. The zero-order valence-corrected chi connectivity index (χ0v) is 15.6. The number of amides is 2. The topological polar surface area (TPSA) is 43.9 Å². The first-order valence-corrected chi connectivity index (χ1v) is 9.47. The fourth-order valence-electron chi connectivity index (χ4n) is 3.44. The standard InChI is InChI=1S/C20H24F3N3O2/c21-20(22,23)17-6-3-16(4-7-17)5-8-18(27)26-13-11-24(12-14-26)15-19(28)25-9-1-2-10-25/h3-8H,1-2,9-15H2. The van der Waals surface area contributed by atoms with Crippen molar-refractivity contribution >= 4 is 17.9 Å². The van der Waals surface area contributed by atoms with Crippen LogP contribution in [0.2, 0.25) is 0 Å². The van der Waals surface area contributed by atoms with Crippen molar-refractivity contribution in [2.75, 3.05) is 45.8 Å². The van der Waals surface area contributed by atoms with Gasteiger partial charge in [0.2, 0.25) is 11.8 Å². The van der Waals surface area contributed by atoms with Crippen LogP contribution in [-0.2, 0) is 15.8 Å². The van der Waals surface area contributed by atoms with Crippen LogP contribution >= 0.6 is 0 Å². The molecule has 0 aromatic heterocycles. The summed E-state index contributed by atoms with van der Waals surface area (Å²) in [6.07, 6.45) is 0.672. The van der Waals surface area contributed by atoms with Gasteiger partial charge >= 0.3 is 6.18 Å². The Balaban J connectivity index is 1.45. The third-order valence-electron chi connectivity index (χ3n) is 5.16. The lowest BCUT2D eigenvalue weighted by Crippen LogP contribution is -2.51. The van der Waals surface area contributed by atoms with E-state index in [1.54, 1.807) is 4.90 Å². The molecule has 0 aliphatic carbocycles. The zero-order chi connectivity index (χ0) is 20.1. The fourth-order valence-corrected chi connectivity index (χ4v) is 3.44. The first-order chi connectivity index (χ1) is 13.3. The minimum absolute atomic E-state index is 0.152. The number of likely N-dealkylation sites (tertiary alicyclic amines) is 1. The van der Waals surface area contributed by atoms with Crippen LogP contribution in [0.5, 0.6) is 0 Å². The maximum atomic E-state index is 12.6. The number of alkyl halides is 3. The summed E-state index contributed by atoms with van der Waals surface area (Å²) in [7, 11) is 0. The average molecular weight is 395 g/mol. The number of rotatable bonds is 4. The van der Waals surface area contributed by atoms with E-state index in [9.17, 15) is 22.8 Å². The van der Waals surface area contributed by atoms with Gasteiger partial charge in [-0.3, -0.25) is 14.5 Å². The van der Waals surface area contributed by atoms with Crippen molar-refractivity contribution in [2.24, 2.45) is 0 Å². The molecule has 2 heterocycles. The predicted octanol–water partition coefficient (Wildman–Crippen LogP) is 2.49. The quantitative estimate of drug-likeness (QED) is 0.736. The smallest absolute Gasteiger partial charge is 0.342 e. The van der Waals surface area contributed by atoms with Gasteiger partial charge in [-0.1, -0.05) is 12.1 Å². The number of hydrogen-bond acceptors (Lipinski definition) is 3. The van der Waals surface area contributed by atoms with E-state index in [1.807, 2.05) is 4.90 Å². The molecule has 2 amide bonds. The molecule has 28 heavy (non-hydrogen) atoms. The Morgan fingerprint density at radius 3 is 2.07 bits per heavy atom. The minimum Gasteiger partial charge on any atom is -0.342 e. The first-order valence-electron chi connectivity index (χ1n) is 9.47. The summed E-state index contributed by atoms with van der Waals surface area (Å²) in [6, 6.07) is 4.68. The summed E-state index contributed by atoms with van der Waals surface area (Å²) in [5.41, 5.74) is -0.174. The van der Waals surface area contributed by atoms with Crippen LogP contribution in [0.3, 0.4) is 0 Å². The number of hydrogen-bond donors (Lipinski definition) is 0. The van der Waals surface area contributed by atoms with Gasteiger partial charge in [-0.2, -0.15) is 13.2 Å². The Hall–Kier alpha value is -2.35. The van der Waals surface area contributed by atoms with Crippen LogP contribution in [0.4, 0.5) is 13.2 Å². The molecule has 1 aromatic carbocycles. The van der Waals surface area contributed by atoms with Gasteiger partial charge in [-0.05, 0) is 36.6 Å². The van der Waals surface area contributed by atoms with Gasteiger partial charge in [0.25, 0.3) is 0 Å². The number of nitrogens with zero attached hydrogens (tertiary/aromatic N) is 3. The van der Waals surface area contributed by atoms with Crippen molar-refractivity contribution in [2.45, 2.75) is 19.0 Å². The molecule has 0 atom stereocenters. The molecule has 0 radical (unpaired) electrons. The van der Waals surface area contributed by atoms with Gasteiger partial charge in [0.1, 0.15) is 0 Å². The van der Waals surface area contributed by atoms with E-state index < -0.39 is 11.7 Å². The highest BCUT2D eigenvalue weighted by Gasteiger charge is 2.30. The summed E-state index contributed by atoms with van der Waals surface area (Å²) in [6.45, 7) is 4.41. The second kappa shape index (κ2) is 8.77. The van der Waals surface area contributed by atoms with E-state index in [0.717, 1.165) is 38.1 Å². The Kier molecular flexibility index (Phi) is 6.39. The number of benzene rings is 1. The van der Waals surface area contributed by atoms with Crippen molar-refractivity contribution in [1.29, 1.82) is 0 Å². The summed E-state index contributed by atoms with van der Waals surface area (Å²) < 4.78 is 37.7. The van der Waals surface area contributed by atoms with Crippen LogP contribution in [-0.4, -0.2) is 72.3 Å². The largest absolute Gasteiger partial charge is 0.416 e. The number of carbonyl (C=O) groups excluding carboxylic acids is 2. The number of halogens is 3. The van der Waals surface area contributed by atoms with Gasteiger partial charge in [0.05, 0.1) is 12.1 Å². The minimum atomic E-state index is -4.37. The van der Waals surface area contributed by atoms with Crippen LogP contribution in [0, 0.1) is 0 Å². The summed E-state index contributed by atoms with van der Waals surface area (Å²) >= 11 is 0. The highest BCUT2D eigenvalue weighted by Crippen LogP contribution is 2.29. The highest BCUT2D eigenvalue weighted by atomic mass is 19.4. The van der Waals surface area contributed by atoms with Crippen molar-refractivity contribution in [3.8, 4) is 0 Å². The van der Waals surface area contributed by atoms with Crippen LogP contribution < -0.4 is 0 Å². The molecule has 0 saturated carbocycles. The van der Waals surface area contributed by atoms with Crippen molar-refractivity contribution in [3.63, 3.8) is 0 Å². The molecule has 5 nitrogen and oxygen atoms in total. The summed E-state index contributed by atoms with van der Waals surface area (Å²) in [4.78, 5) is 30.1. The van der Waals surface area contributed by atoms with Crippen LogP contribution in [0.1, 0.15) is 24.0 Å². The van der Waals surface area contributed by atoms with E-state index in [0.29, 0.717) is 38.3 Å². The molecule has 2 fully saturated rings. The number of carbonyl (C=O) groups is 2. The maximum absolute atomic E-state index is 12.6. The van der Waals surface area contributed by atoms with Gasteiger partial charge < -0.3 is 9.80 Å². The summed E-state index contributed by atoms with van der Waals surface area (Å²) in [5.74, 6) is -0.0232. The highest BCUT2D eigenvalue weighted by molar-refractivity contribution is 5.91. The molecule has 8 heteroatoms. The second-order valence-corrected chi connectivity index (χ2v) is 7.14. The van der Waals surface area contributed by atoms with Crippen molar-refractivity contribution in [1.82, 2.24) is 14.7 Å². The molecular weight excluding hydrogens is 371 g/mol. The van der Waals surface area contributed by atoms with Gasteiger partial charge in [0, 0.05) is 45.3 Å². The SMILES string of the molecule is O=C(C=Cc1ccc(C(F)(F)F)cc1)N1CCN(CC(=O)N2CCCC2)CC1. The predicted molar refractivity (Wildman–Crippen MR) is 99.3 cm³/mol. The van der Waals surface area contributed by atoms with Crippen LogP contribution in [0.15, 0.2) is 30.3 Å². The lowest BCUT2D eigenvalue weighted by Gasteiger charge is -2.34. The molecule has 0 bridgehead atoms. The third kappa shape index (κ3) is 5.34. The molecule has 1 aromatic rings. The molecule has 2 aliphatic heterocycles. The number of piperazine rings is 1. The van der Waals surface area contributed by atoms with Crippen molar-refractivity contribution in [3.05, 3.63) is 41.5 Å². The summed E-state index contributed by atoms with van der Waals surface area (Å²) in [5, 5.41) is 0. The average Bonchev–Trinajstić information content (AvgIpc) is 3.21. The monoisotopic (exact) mass is 395 g/mol. The maximum Gasteiger partial charge on any atom is 0.416 e. The van der Waals surface area contributed by atoms with E-state index in [2.05, 4.69) is 4.90 Å². The molecule has 3 rings (SSSR count). The lowest BCUT2D eigenvalue weighted by atomic mass is 10.1. The zero-order valence-electron chi connectivity index (χ0n) is 15.6. The van der Waals surface area contributed by atoms with E-state index in [4.69, 9.17) is 0 Å². The Morgan fingerprint density at radius 2 is 1.50 bits per heavy atom. The third-order valence-corrected chi connectivity index (χ3v) is 5.16. The van der Waals surface area contributed by atoms with E-state index >= 15 is 0 Å².